The fourth-order valence-corrected chi connectivity index (χ4v) is 1.35. The number of imide groups is 1. The van der Waals surface area contributed by atoms with Gasteiger partial charge < -0.3 is 5.32 Å². The van der Waals surface area contributed by atoms with E-state index in [4.69, 9.17) is 0 Å². The van der Waals surface area contributed by atoms with Crippen molar-refractivity contribution in [2.75, 3.05) is 6.54 Å². The monoisotopic (exact) mass is 168 g/mol. The topological polar surface area (TPSA) is 58.2 Å². The molecule has 1 atom stereocenters. The van der Waals surface area contributed by atoms with E-state index in [1.807, 2.05) is 0 Å². The van der Waals surface area contributed by atoms with E-state index < -0.39 is 0 Å². The van der Waals surface area contributed by atoms with Gasteiger partial charge in [0.05, 0.1) is 12.5 Å². The highest BCUT2D eigenvalue weighted by atomic mass is 16.2. The molecule has 2 fully saturated rings. The fourth-order valence-electron chi connectivity index (χ4n) is 1.35. The molecule has 12 heavy (non-hydrogen) atoms. The Labute approximate surface area is 70.7 Å². The number of carbonyl (C=O) groups is 2. The van der Waals surface area contributed by atoms with Crippen LogP contribution in [0.25, 0.3) is 0 Å². The van der Waals surface area contributed by atoms with Gasteiger partial charge in [-0.3, -0.25) is 14.9 Å². The predicted molar refractivity (Wildman–Crippen MR) is 42.3 cm³/mol. The van der Waals surface area contributed by atoms with E-state index in [0.717, 1.165) is 12.5 Å². The van der Waals surface area contributed by atoms with Crippen LogP contribution in [0.3, 0.4) is 0 Å². The lowest BCUT2D eigenvalue weighted by Gasteiger charge is -2.06. The van der Waals surface area contributed by atoms with Crippen LogP contribution >= 0.6 is 0 Å². The van der Waals surface area contributed by atoms with Gasteiger partial charge in [-0.1, -0.05) is 0 Å². The molecule has 1 saturated heterocycles. The second kappa shape index (κ2) is 2.86. The lowest BCUT2D eigenvalue weighted by Crippen LogP contribution is -2.37. The van der Waals surface area contributed by atoms with Crippen molar-refractivity contribution in [3.05, 3.63) is 0 Å². The molecular weight excluding hydrogens is 156 g/mol. The molecule has 2 N–H and O–H groups in total. The molecule has 0 spiro atoms. The zero-order valence-electron chi connectivity index (χ0n) is 6.80. The number of hydrogen-bond donors (Lipinski definition) is 2. The molecule has 0 aromatic rings. The Hall–Kier alpha value is -0.900. The largest absolute Gasteiger partial charge is 0.305 e. The summed E-state index contributed by atoms with van der Waals surface area (Å²) in [4.78, 5) is 21.8. The van der Waals surface area contributed by atoms with Gasteiger partial charge in [0.1, 0.15) is 0 Å². The summed E-state index contributed by atoms with van der Waals surface area (Å²) in [6, 6.07) is -0.266. The summed E-state index contributed by atoms with van der Waals surface area (Å²) in [5, 5.41) is 5.36. The van der Waals surface area contributed by atoms with Gasteiger partial charge in [0, 0.05) is 0 Å². The van der Waals surface area contributed by atoms with Gasteiger partial charge in [0.15, 0.2) is 0 Å². The maximum atomic E-state index is 11.0. The summed E-state index contributed by atoms with van der Waals surface area (Å²) in [7, 11) is 0. The minimum atomic E-state index is -0.266. The summed E-state index contributed by atoms with van der Waals surface area (Å²) >= 11 is 0. The van der Waals surface area contributed by atoms with Crippen LogP contribution in [0.15, 0.2) is 0 Å². The van der Waals surface area contributed by atoms with E-state index in [9.17, 15) is 9.59 Å². The standard InChI is InChI=1S/C8H12N2O2/c11-7-3-6(8(12)10-7)9-4-5-1-2-5/h5-6,9H,1-4H2,(H,10,11,12). The highest BCUT2D eigenvalue weighted by Gasteiger charge is 2.31. The first kappa shape index (κ1) is 7.73. The van der Waals surface area contributed by atoms with Crippen molar-refractivity contribution in [3.8, 4) is 0 Å². The molecule has 0 bridgehead atoms. The molecule has 1 heterocycles. The third kappa shape index (κ3) is 1.64. The number of rotatable bonds is 3. The molecule has 0 aromatic heterocycles. The van der Waals surface area contributed by atoms with Crippen LogP contribution in [0, 0.1) is 5.92 Å². The van der Waals surface area contributed by atoms with Crippen molar-refractivity contribution in [3.63, 3.8) is 0 Å². The van der Waals surface area contributed by atoms with Crippen molar-refractivity contribution in [1.82, 2.24) is 10.6 Å². The van der Waals surface area contributed by atoms with Crippen LogP contribution in [-0.4, -0.2) is 24.4 Å². The van der Waals surface area contributed by atoms with Crippen molar-refractivity contribution >= 4 is 11.8 Å². The van der Waals surface area contributed by atoms with E-state index >= 15 is 0 Å². The summed E-state index contributed by atoms with van der Waals surface area (Å²) in [5.41, 5.74) is 0. The Balaban J connectivity index is 1.78. The summed E-state index contributed by atoms with van der Waals surface area (Å²) in [6.45, 7) is 0.880. The third-order valence-electron chi connectivity index (χ3n) is 2.32. The normalized spacial score (nSPS) is 29.2. The predicted octanol–water partition coefficient (Wildman–Crippen LogP) is -0.599. The van der Waals surface area contributed by atoms with E-state index in [1.54, 1.807) is 0 Å². The molecule has 1 aliphatic carbocycles. The van der Waals surface area contributed by atoms with Gasteiger partial charge in [-0.2, -0.15) is 0 Å². The Bertz CT molecular complexity index is 223. The molecule has 2 rings (SSSR count). The van der Waals surface area contributed by atoms with Crippen molar-refractivity contribution in [1.29, 1.82) is 0 Å². The Kier molecular flexibility index (Phi) is 1.84. The van der Waals surface area contributed by atoms with Crippen LogP contribution in [0.4, 0.5) is 0 Å². The molecule has 0 aromatic carbocycles. The average molecular weight is 168 g/mol. The van der Waals surface area contributed by atoms with Gasteiger partial charge in [-0.25, -0.2) is 0 Å². The van der Waals surface area contributed by atoms with Crippen LogP contribution in [-0.2, 0) is 9.59 Å². The first-order valence-corrected chi connectivity index (χ1v) is 4.33. The molecule has 4 heteroatoms. The van der Waals surface area contributed by atoms with Gasteiger partial charge >= 0.3 is 0 Å². The molecule has 1 unspecified atom stereocenters. The van der Waals surface area contributed by atoms with Gasteiger partial charge in [-0.15, -0.1) is 0 Å². The number of hydrogen-bond acceptors (Lipinski definition) is 3. The second-order valence-electron chi connectivity index (χ2n) is 3.52. The van der Waals surface area contributed by atoms with E-state index in [2.05, 4.69) is 10.6 Å². The van der Waals surface area contributed by atoms with Crippen molar-refractivity contribution < 1.29 is 9.59 Å². The zero-order valence-corrected chi connectivity index (χ0v) is 6.80. The smallest absolute Gasteiger partial charge is 0.244 e. The third-order valence-corrected chi connectivity index (χ3v) is 2.32. The molecule has 1 saturated carbocycles. The van der Waals surface area contributed by atoms with Crippen LogP contribution < -0.4 is 10.6 Å². The number of nitrogens with one attached hydrogen (secondary N) is 2. The van der Waals surface area contributed by atoms with Gasteiger partial charge in [0.25, 0.3) is 0 Å². The van der Waals surface area contributed by atoms with Crippen molar-refractivity contribution in [2.45, 2.75) is 25.3 Å². The Morgan fingerprint density at radius 2 is 2.17 bits per heavy atom. The quantitative estimate of drug-likeness (QED) is 0.553. The van der Waals surface area contributed by atoms with E-state index in [-0.39, 0.29) is 17.9 Å². The van der Waals surface area contributed by atoms with E-state index in [1.165, 1.54) is 12.8 Å². The highest BCUT2D eigenvalue weighted by molar-refractivity contribution is 6.05. The lowest BCUT2D eigenvalue weighted by molar-refractivity contribution is -0.125. The molecule has 66 valence electrons. The summed E-state index contributed by atoms with van der Waals surface area (Å²) < 4.78 is 0. The average Bonchev–Trinajstić information content (AvgIpc) is 2.76. The van der Waals surface area contributed by atoms with Crippen LogP contribution in [0.1, 0.15) is 19.3 Å². The molecule has 1 aliphatic heterocycles. The van der Waals surface area contributed by atoms with Gasteiger partial charge in [-0.05, 0) is 25.3 Å². The van der Waals surface area contributed by atoms with Crippen molar-refractivity contribution in [2.24, 2.45) is 5.92 Å². The number of carbonyl (C=O) groups excluding carboxylic acids is 2. The molecule has 4 nitrogen and oxygen atoms in total. The summed E-state index contributed by atoms with van der Waals surface area (Å²) in [6.07, 6.45) is 2.83. The SMILES string of the molecule is O=C1CC(NCC2CC2)C(=O)N1. The molecule has 2 aliphatic rings. The second-order valence-corrected chi connectivity index (χ2v) is 3.52. The summed E-state index contributed by atoms with van der Waals surface area (Å²) in [5.74, 6) is 0.419. The van der Waals surface area contributed by atoms with Gasteiger partial charge in [0.2, 0.25) is 11.8 Å². The molecule has 2 amide bonds. The zero-order chi connectivity index (χ0) is 8.55. The first-order valence-electron chi connectivity index (χ1n) is 4.33. The minimum Gasteiger partial charge on any atom is -0.305 e. The molecular formula is C8H12N2O2. The Morgan fingerprint density at radius 1 is 1.42 bits per heavy atom. The van der Waals surface area contributed by atoms with Crippen LogP contribution in [0.5, 0.6) is 0 Å². The maximum Gasteiger partial charge on any atom is 0.244 e. The minimum absolute atomic E-state index is 0.159. The number of amides is 2. The lowest BCUT2D eigenvalue weighted by atomic mass is 10.2. The maximum absolute atomic E-state index is 11.0. The van der Waals surface area contributed by atoms with Crippen LogP contribution in [0.2, 0.25) is 0 Å². The fraction of sp³-hybridized carbons (Fsp3) is 0.750. The van der Waals surface area contributed by atoms with E-state index in [0.29, 0.717) is 6.42 Å². The highest BCUT2D eigenvalue weighted by Crippen LogP contribution is 2.27. The molecule has 0 radical (unpaired) electrons. The first-order chi connectivity index (χ1) is 5.75. The Morgan fingerprint density at radius 3 is 2.67 bits per heavy atom.